The van der Waals surface area contributed by atoms with Crippen molar-refractivity contribution in [2.24, 2.45) is 17.8 Å². The molecule has 6 aliphatic rings. The minimum Gasteiger partial charge on any atom is -0.394 e. The molecule has 458 valence electrons. The van der Waals surface area contributed by atoms with Gasteiger partial charge in [-0.3, -0.25) is 0 Å². The number of methoxy groups -OCH3 is 1. The van der Waals surface area contributed by atoms with Crippen molar-refractivity contribution in [3.63, 3.8) is 0 Å². The maximum absolute atomic E-state index is 11.6. The first kappa shape index (κ1) is 67.8. The Morgan fingerprint density at radius 1 is 0.385 bits per heavy atom. The zero-order valence-electron chi connectivity index (χ0n) is 43.2. The Morgan fingerprint density at radius 3 is 1.32 bits per heavy atom. The van der Waals surface area contributed by atoms with Crippen LogP contribution in [0.3, 0.4) is 0 Å². The minimum absolute atomic E-state index is 0.0177. The second-order valence-corrected chi connectivity index (χ2v) is 21.7. The molecule has 0 aromatic rings. The summed E-state index contributed by atoms with van der Waals surface area (Å²) in [6.45, 7) is -0.557. The Bertz CT molecular complexity index is 1690. The summed E-state index contributed by atoms with van der Waals surface area (Å²) in [5, 5.41) is 119. The third-order valence-corrected chi connectivity index (χ3v) is 16.9. The first-order valence-corrected chi connectivity index (χ1v) is 27.9. The van der Waals surface area contributed by atoms with Gasteiger partial charge < -0.3 is 129 Å². The third-order valence-electron chi connectivity index (χ3n) is 15.7. The van der Waals surface area contributed by atoms with Crippen molar-refractivity contribution in [1.29, 1.82) is 0 Å². The fourth-order valence-corrected chi connectivity index (χ4v) is 12.4. The molecule has 0 aromatic carbocycles. The van der Waals surface area contributed by atoms with Gasteiger partial charge in [0.25, 0.3) is 0 Å². The van der Waals surface area contributed by atoms with E-state index in [9.17, 15) is 56.2 Å². The fourth-order valence-electron chi connectivity index (χ4n) is 11.1. The van der Waals surface area contributed by atoms with Gasteiger partial charge in [0.05, 0.1) is 110 Å². The van der Waals surface area contributed by atoms with E-state index in [1.807, 2.05) is 0 Å². The van der Waals surface area contributed by atoms with E-state index in [0.29, 0.717) is 25.7 Å². The molecule has 0 bridgehead atoms. The number of thiol groups is 5. The number of rotatable bonds is 29. The van der Waals surface area contributed by atoms with Crippen LogP contribution in [-0.4, -0.2) is 295 Å². The van der Waals surface area contributed by atoms with Crippen LogP contribution in [0.1, 0.15) is 32.6 Å². The topological polar surface area (TPSA) is 370 Å². The van der Waals surface area contributed by atoms with Crippen molar-refractivity contribution in [2.45, 2.75) is 185 Å². The Kier molecular flexibility index (Phi) is 29.2. The molecule has 32 heteroatoms. The zero-order chi connectivity index (χ0) is 56.8. The maximum atomic E-state index is 11.6. The summed E-state index contributed by atoms with van der Waals surface area (Å²) >= 11 is 19.5. The molecule has 6 fully saturated rings. The molecule has 28 atom stereocenters. The van der Waals surface area contributed by atoms with Crippen molar-refractivity contribution in [3.05, 3.63) is 0 Å². The number of ether oxygens (including phenoxy) is 11. The van der Waals surface area contributed by atoms with Crippen molar-refractivity contribution in [2.75, 3.05) is 86.4 Å². The molecule has 6 aliphatic heterocycles. The highest BCUT2D eigenvalue weighted by Crippen LogP contribution is 2.35. The Balaban J connectivity index is 1.00. The summed E-state index contributed by atoms with van der Waals surface area (Å²) in [6, 6.07) is 0. The molecule has 10 unspecified atom stereocenters. The van der Waals surface area contributed by atoms with E-state index < -0.39 is 171 Å². The van der Waals surface area contributed by atoms with Crippen LogP contribution in [0.2, 0.25) is 0 Å². The molecule has 78 heavy (non-hydrogen) atoms. The SMILES string of the molecule is CCC1O[C@@H](COCC2O[C@@H](COCC3O[C@@H](COC)C(O)[C@H](OS)[C@H]3COC[C@@H]3OC(CO)[C@H](O)[C@@H](COC[C@@H]4OC[C@@H](CCC[C@@H]5OC[C@@H](O)[C@H](OS)C5O)[C@H](OS)C4O)C3O)C(O)[C@H](OS)[C@H]2O)C(O)[C@H](OS)[C@H]1O. The highest BCUT2D eigenvalue weighted by molar-refractivity contribution is 7.75. The molecule has 11 N–H and O–H groups in total. The molecule has 6 rings (SSSR count). The lowest BCUT2D eigenvalue weighted by Crippen LogP contribution is -2.61. The first-order chi connectivity index (χ1) is 37.5. The van der Waals surface area contributed by atoms with Crippen molar-refractivity contribution < 1.29 is 129 Å². The quantitative estimate of drug-likeness (QED) is 0.0249. The molecule has 0 aliphatic carbocycles. The molecular weight excluding hydrogens is 1140 g/mol. The van der Waals surface area contributed by atoms with Gasteiger partial charge >= 0.3 is 0 Å². The Morgan fingerprint density at radius 2 is 0.782 bits per heavy atom. The van der Waals surface area contributed by atoms with Crippen molar-refractivity contribution >= 4 is 64.5 Å². The van der Waals surface area contributed by atoms with Crippen LogP contribution in [-0.2, 0) is 73.0 Å². The number of hydrogen-bond acceptors (Lipinski definition) is 32. The summed E-state index contributed by atoms with van der Waals surface area (Å²) in [5.74, 6) is -2.11. The van der Waals surface area contributed by atoms with E-state index in [1.54, 1.807) is 6.92 Å². The number of aliphatic hydroxyl groups is 11. The van der Waals surface area contributed by atoms with E-state index in [2.05, 4.69) is 64.5 Å². The molecule has 0 radical (unpaired) electrons. The average molecular weight is 1230 g/mol. The van der Waals surface area contributed by atoms with Gasteiger partial charge in [-0.1, -0.05) is 13.3 Å². The number of aliphatic hydroxyl groups excluding tert-OH is 11. The predicted octanol–water partition coefficient (Wildman–Crippen LogP) is -4.25. The highest BCUT2D eigenvalue weighted by Gasteiger charge is 2.51. The van der Waals surface area contributed by atoms with E-state index in [4.69, 9.17) is 73.0 Å². The molecule has 6 saturated heterocycles. The van der Waals surface area contributed by atoms with Gasteiger partial charge in [-0.05, 0) is 83.8 Å². The molecule has 0 saturated carbocycles. The standard InChI is InChI=1S/C46H82O27S5/c1-3-23-35(51)45(72-77)39(55)30(65-23)16-62-18-32-41(57)46(73-78)40(56)31(68-32)17-61-13-26-20(43(70-75)38(54)28(67-26)12-58-2)9-59-15-29-34(50)21(33(49)25(7-47)66-29)10-60-14-27-37(53)42(69-74)19(8-63-27)5-4-6-24-36(52)44(71-76)22(48)11-64-24/h19-57,74-78H,3-18H2,1-2H3/t19-,20+,21-,22-,23?,24+,25?,26?,27+,28+,29+,30+,31+,32?,33-,34?,35+,36?,37?,38?,39?,40?,41+,42+,43-,44+,45-,46+/m1/s1. The molecule has 6 heterocycles. The van der Waals surface area contributed by atoms with E-state index in [0.717, 1.165) is 0 Å². The number of hydrogen-bond donors (Lipinski definition) is 16. The van der Waals surface area contributed by atoms with Gasteiger partial charge in [0, 0.05) is 24.9 Å². The zero-order valence-corrected chi connectivity index (χ0v) is 47.6. The summed E-state index contributed by atoms with van der Waals surface area (Å²) in [5.41, 5.74) is 0. The third kappa shape index (κ3) is 16.8. The van der Waals surface area contributed by atoms with Crippen LogP contribution >= 0.6 is 64.5 Å². The van der Waals surface area contributed by atoms with Crippen LogP contribution in [0.4, 0.5) is 0 Å². The summed E-state index contributed by atoms with van der Waals surface area (Å²) in [7, 11) is 1.42. The lowest BCUT2D eigenvalue weighted by atomic mass is 9.86. The van der Waals surface area contributed by atoms with Crippen LogP contribution in [0, 0.1) is 17.8 Å². The Hall–Kier alpha value is 0.670. The van der Waals surface area contributed by atoms with Gasteiger partial charge in [0.1, 0.15) is 122 Å². The summed E-state index contributed by atoms with van der Waals surface area (Å²) in [4.78, 5) is 0. The van der Waals surface area contributed by atoms with Gasteiger partial charge in [0.15, 0.2) is 0 Å². The maximum Gasteiger partial charge on any atom is 0.129 e. The van der Waals surface area contributed by atoms with Gasteiger partial charge in [0.2, 0.25) is 0 Å². The predicted molar refractivity (Wildman–Crippen MR) is 280 cm³/mol. The highest BCUT2D eigenvalue weighted by atomic mass is 32.1. The lowest BCUT2D eigenvalue weighted by Gasteiger charge is -2.45. The Labute approximate surface area is 481 Å². The van der Waals surface area contributed by atoms with E-state index >= 15 is 0 Å². The van der Waals surface area contributed by atoms with Crippen molar-refractivity contribution in [1.82, 2.24) is 0 Å². The van der Waals surface area contributed by atoms with Crippen LogP contribution in [0.25, 0.3) is 0 Å². The largest absolute Gasteiger partial charge is 0.394 e. The first-order valence-electron chi connectivity index (χ1n) is 26.1. The molecule has 27 nitrogen and oxygen atoms in total. The van der Waals surface area contributed by atoms with Crippen LogP contribution < -0.4 is 0 Å². The smallest absolute Gasteiger partial charge is 0.129 e. The summed E-state index contributed by atoms with van der Waals surface area (Å²) in [6.07, 6.45) is -25.1. The van der Waals surface area contributed by atoms with E-state index in [-0.39, 0.29) is 78.6 Å². The summed E-state index contributed by atoms with van der Waals surface area (Å²) < 4.78 is 90.8. The van der Waals surface area contributed by atoms with Gasteiger partial charge in [-0.15, -0.1) is 0 Å². The lowest BCUT2D eigenvalue weighted by molar-refractivity contribution is -0.253. The molecule has 0 spiro atoms. The van der Waals surface area contributed by atoms with Gasteiger partial charge in [-0.25, -0.2) is 0 Å². The fraction of sp³-hybridized carbons (Fsp3) is 1.00. The van der Waals surface area contributed by atoms with Crippen LogP contribution in [0.5, 0.6) is 0 Å². The second kappa shape index (κ2) is 33.5. The molecular formula is C46H82O27S5. The monoisotopic (exact) mass is 1230 g/mol. The van der Waals surface area contributed by atoms with Crippen LogP contribution in [0.15, 0.2) is 0 Å². The molecule has 0 aromatic heterocycles. The van der Waals surface area contributed by atoms with E-state index in [1.165, 1.54) is 7.11 Å². The minimum atomic E-state index is -1.44. The van der Waals surface area contributed by atoms with Gasteiger partial charge in [-0.2, -0.15) is 0 Å². The average Bonchev–Trinajstić information content (AvgIpc) is 3.45. The molecule has 0 amide bonds. The second-order valence-electron chi connectivity index (χ2n) is 20.6. The normalized spacial score (nSPS) is 45.6. The van der Waals surface area contributed by atoms with Crippen molar-refractivity contribution in [3.8, 4) is 0 Å².